The summed E-state index contributed by atoms with van der Waals surface area (Å²) in [4.78, 5) is 13.8. The van der Waals surface area contributed by atoms with Gasteiger partial charge in [-0.05, 0) is 45.9 Å². The molecule has 0 aliphatic heterocycles. The Morgan fingerprint density at radius 2 is 2.28 bits per heavy atom. The predicted molar refractivity (Wildman–Crippen MR) is 75.8 cm³/mol. The molecule has 96 valence electrons. The second-order valence-electron chi connectivity index (χ2n) is 4.21. The maximum atomic E-state index is 12.2. The zero-order valence-electron chi connectivity index (χ0n) is 10.5. The van der Waals surface area contributed by atoms with Gasteiger partial charge in [0.15, 0.2) is 5.69 Å². The van der Waals surface area contributed by atoms with Crippen LogP contribution >= 0.6 is 27.3 Å². The highest BCUT2D eigenvalue weighted by Crippen LogP contribution is 2.21. The van der Waals surface area contributed by atoms with Crippen molar-refractivity contribution in [2.24, 2.45) is 7.05 Å². The first-order valence-corrected chi connectivity index (χ1v) is 7.13. The number of nitrogens with zero attached hydrogens (tertiary/aromatic N) is 3. The Morgan fingerprint density at radius 3 is 2.78 bits per heavy atom. The molecule has 0 fully saturated rings. The number of carbonyl (C=O) groups excluding carboxylic acids is 1. The van der Waals surface area contributed by atoms with Gasteiger partial charge in [0.05, 0.1) is 3.79 Å². The summed E-state index contributed by atoms with van der Waals surface area (Å²) in [6.45, 7) is 2.52. The van der Waals surface area contributed by atoms with Crippen LogP contribution in [0.5, 0.6) is 0 Å². The number of rotatable bonds is 3. The maximum Gasteiger partial charge on any atom is 0.274 e. The first kappa shape index (κ1) is 13.3. The molecule has 0 N–H and O–H groups in total. The number of amides is 1. The minimum Gasteiger partial charge on any atom is -0.336 e. The Kier molecular flexibility index (Phi) is 3.87. The molecule has 0 aliphatic carbocycles. The second-order valence-corrected chi connectivity index (χ2v) is 6.51. The molecule has 0 spiro atoms. The zero-order chi connectivity index (χ0) is 13.3. The van der Waals surface area contributed by atoms with E-state index >= 15 is 0 Å². The van der Waals surface area contributed by atoms with Crippen LogP contribution in [-0.2, 0) is 13.6 Å². The summed E-state index contributed by atoms with van der Waals surface area (Å²) in [7, 11) is 3.63. The van der Waals surface area contributed by atoms with Crippen LogP contribution in [-0.4, -0.2) is 27.6 Å². The summed E-state index contributed by atoms with van der Waals surface area (Å²) in [6.07, 6.45) is 0. The molecule has 18 heavy (non-hydrogen) atoms. The maximum absolute atomic E-state index is 12.2. The molecule has 0 atom stereocenters. The molecule has 2 aromatic rings. The molecule has 2 rings (SSSR count). The van der Waals surface area contributed by atoms with Crippen LogP contribution in [0.15, 0.2) is 21.3 Å². The van der Waals surface area contributed by atoms with Gasteiger partial charge in [0.25, 0.3) is 5.91 Å². The highest BCUT2D eigenvalue weighted by Gasteiger charge is 2.16. The Morgan fingerprint density at radius 1 is 1.56 bits per heavy atom. The standard InChI is InChI=1S/C12H14BrN3OS/c1-8-4-10(14-16(8)3)12(17)15(2)6-9-5-11(13)18-7-9/h4-5,7H,6H2,1-3H3. The predicted octanol–water partition coefficient (Wildman–Crippen LogP) is 2.82. The van der Waals surface area contributed by atoms with Crippen molar-refractivity contribution in [3.05, 3.63) is 38.3 Å². The first-order valence-electron chi connectivity index (χ1n) is 5.46. The number of hydrogen-bond donors (Lipinski definition) is 0. The lowest BCUT2D eigenvalue weighted by Gasteiger charge is -2.14. The number of hydrogen-bond acceptors (Lipinski definition) is 3. The fourth-order valence-electron chi connectivity index (χ4n) is 1.64. The number of aromatic nitrogens is 2. The summed E-state index contributed by atoms with van der Waals surface area (Å²) in [5, 5.41) is 6.24. The minimum absolute atomic E-state index is 0.0546. The molecular formula is C12H14BrN3OS. The van der Waals surface area contributed by atoms with Gasteiger partial charge in [-0.25, -0.2) is 0 Å². The summed E-state index contributed by atoms with van der Waals surface area (Å²) >= 11 is 5.04. The largest absolute Gasteiger partial charge is 0.336 e. The Bertz CT molecular complexity index is 556. The lowest BCUT2D eigenvalue weighted by Crippen LogP contribution is -2.26. The van der Waals surface area contributed by atoms with Gasteiger partial charge >= 0.3 is 0 Å². The fraction of sp³-hybridized carbons (Fsp3) is 0.333. The van der Waals surface area contributed by atoms with Crippen molar-refractivity contribution in [1.82, 2.24) is 14.7 Å². The van der Waals surface area contributed by atoms with Crippen molar-refractivity contribution in [3.8, 4) is 0 Å². The van der Waals surface area contributed by atoms with Gasteiger partial charge in [-0.2, -0.15) is 5.10 Å². The van der Waals surface area contributed by atoms with Crippen LogP contribution in [0.4, 0.5) is 0 Å². The van der Waals surface area contributed by atoms with Gasteiger partial charge in [-0.15, -0.1) is 11.3 Å². The van der Waals surface area contributed by atoms with Gasteiger partial charge in [0.2, 0.25) is 0 Å². The fourth-order valence-corrected chi connectivity index (χ4v) is 2.84. The summed E-state index contributed by atoms with van der Waals surface area (Å²) in [5.74, 6) is -0.0546. The molecule has 0 aliphatic rings. The van der Waals surface area contributed by atoms with Crippen LogP contribution in [0.1, 0.15) is 21.7 Å². The number of thiophene rings is 1. The van der Waals surface area contributed by atoms with Gasteiger partial charge in [0.1, 0.15) is 0 Å². The monoisotopic (exact) mass is 327 g/mol. The van der Waals surface area contributed by atoms with E-state index in [4.69, 9.17) is 0 Å². The molecule has 6 heteroatoms. The van der Waals surface area contributed by atoms with Crippen LogP contribution in [0.25, 0.3) is 0 Å². The normalized spacial score (nSPS) is 10.7. The van der Waals surface area contributed by atoms with Gasteiger partial charge in [0, 0.05) is 26.3 Å². The smallest absolute Gasteiger partial charge is 0.274 e. The average molecular weight is 328 g/mol. The van der Waals surface area contributed by atoms with Crippen molar-refractivity contribution < 1.29 is 4.79 Å². The molecule has 4 nitrogen and oxygen atoms in total. The molecule has 0 unspecified atom stereocenters. The molecule has 0 radical (unpaired) electrons. The molecule has 0 bridgehead atoms. The Balaban J connectivity index is 2.09. The first-order chi connectivity index (χ1) is 8.47. The molecule has 1 amide bonds. The van der Waals surface area contributed by atoms with Gasteiger partial charge in [-0.1, -0.05) is 0 Å². The molecule has 2 aromatic heterocycles. The molecule has 0 saturated carbocycles. The van der Waals surface area contributed by atoms with E-state index < -0.39 is 0 Å². The van der Waals surface area contributed by atoms with Crippen molar-refractivity contribution in [2.75, 3.05) is 7.05 Å². The van der Waals surface area contributed by atoms with E-state index in [1.54, 1.807) is 28.0 Å². The van der Waals surface area contributed by atoms with Crippen LogP contribution in [0.3, 0.4) is 0 Å². The van der Waals surface area contributed by atoms with Crippen molar-refractivity contribution in [1.29, 1.82) is 0 Å². The number of aryl methyl sites for hydroxylation is 2. The van der Waals surface area contributed by atoms with Crippen molar-refractivity contribution in [2.45, 2.75) is 13.5 Å². The lowest BCUT2D eigenvalue weighted by atomic mass is 10.3. The third-order valence-corrected chi connectivity index (χ3v) is 4.27. The Hall–Kier alpha value is -1.14. The zero-order valence-corrected chi connectivity index (χ0v) is 12.9. The van der Waals surface area contributed by atoms with Gasteiger partial charge < -0.3 is 4.90 Å². The van der Waals surface area contributed by atoms with Crippen LogP contribution < -0.4 is 0 Å². The highest BCUT2D eigenvalue weighted by molar-refractivity contribution is 9.11. The van der Waals surface area contributed by atoms with Crippen molar-refractivity contribution >= 4 is 33.2 Å². The van der Waals surface area contributed by atoms with Gasteiger partial charge in [-0.3, -0.25) is 9.48 Å². The summed E-state index contributed by atoms with van der Waals surface area (Å²) < 4.78 is 2.79. The average Bonchev–Trinajstić information content (AvgIpc) is 2.85. The van der Waals surface area contributed by atoms with E-state index in [-0.39, 0.29) is 5.91 Å². The highest BCUT2D eigenvalue weighted by atomic mass is 79.9. The van der Waals surface area contributed by atoms with E-state index in [2.05, 4.69) is 21.0 Å². The Labute approximate surface area is 118 Å². The quantitative estimate of drug-likeness (QED) is 0.869. The summed E-state index contributed by atoms with van der Waals surface area (Å²) in [5.41, 5.74) is 2.59. The van der Waals surface area contributed by atoms with E-state index in [9.17, 15) is 4.79 Å². The number of halogens is 1. The summed E-state index contributed by atoms with van der Waals surface area (Å²) in [6, 6.07) is 3.83. The van der Waals surface area contributed by atoms with E-state index in [0.29, 0.717) is 12.2 Å². The number of carbonyl (C=O) groups is 1. The molecular weight excluding hydrogens is 314 g/mol. The lowest BCUT2D eigenvalue weighted by molar-refractivity contribution is 0.0778. The topological polar surface area (TPSA) is 38.1 Å². The molecule has 0 saturated heterocycles. The SMILES string of the molecule is Cc1cc(C(=O)N(C)Cc2csc(Br)c2)nn1C. The van der Waals surface area contributed by atoms with Crippen LogP contribution in [0.2, 0.25) is 0 Å². The van der Waals surface area contributed by atoms with Crippen LogP contribution in [0, 0.1) is 6.92 Å². The minimum atomic E-state index is -0.0546. The third-order valence-electron chi connectivity index (χ3n) is 2.72. The molecule has 2 heterocycles. The van der Waals surface area contributed by atoms with Crippen molar-refractivity contribution in [3.63, 3.8) is 0 Å². The van der Waals surface area contributed by atoms with E-state index in [1.807, 2.05) is 31.5 Å². The second kappa shape index (κ2) is 5.24. The van der Waals surface area contributed by atoms with E-state index in [0.717, 1.165) is 15.0 Å². The molecule has 0 aromatic carbocycles. The van der Waals surface area contributed by atoms with E-state index in [1.165, 1.54) is 0 Å². The third kappa shape index (κ3) is 2.81.